The Morgan fingerprint density at radius 3 is 1.14 bits per heavy atom. The van der Waals surface area contributed by atoms with Gasteiger partial charge in [0.05, 0.1) is 0 Å². The maximum Gasteiger partial charge on any atom is 0.0148 e. The highest BCUT2D eigenvalue weighted by Gasteiger charge is 2.11. The molecule has 0 aromatic rings. The molecule has 0 N–H and O–H groups in total. The van der Waals surface area contributed by atoms with Crippen LogP contribution in [-0.4, -0.2) is 75.8 Å². The molecule has 0 rings (SSSR count). The first-order chi connectivity index (χ1) is 6.05. The minimum absolute atomic E-state index is 1.07. The van der Waals surface area contributed by atoms with Gasteiger partial charge in [-0.3, -0.25) is 9.34 Å². The van der Waals surface area contributed by atoms with Crippen LogP contribution < -0.4 is 0 Å². The van der Waals surface area contributed by atoms with Gasteiger partial charge in [0, 0.05) is 13.1 Å². The van der Waals surface area contributed by atoms with Crippen molar-refractivity contribution >= 4 is 26.7 Å². The molecule has 0 saturated carbocycles. The molecule has 14 heavy (non-hydrogen) atoms. The maximum absolute atomic E-state index is 4.22. The molecule has 0 aliphatic heterocycles. The molecule has 0 bridgehead atoms. The zero-order valence-corrected chi connectivity index (χ0v) is 12.4. The van der Waals surface area contributed by atoms with E-state index < -0.39 is 14.1 Å². The van der Waals surface area contributed by atoms with Gasteiger partial charge in [0.2, 0.25) is 0 Å². The number of hydrogen-bond acceptors (Lipinski definition) is 2. The summed E-state index contributed by atoms with van der Waals surface area (Å²) in [4.78, 5) is 0. The minimum atomic E-state index is -1.07. The Morgan fingerprint density at radius 2 is 1.00 bits per heavy atom. The van der Waals surface area contributed by atoms with Gasteiger partial charge < -0.3 is 0 Å². The molecule has 0 amide bonds. The first-order valence-electron chi connectivity index (χ1n) is 4.85. The van der Waals surface area contributed by atoms with Crippen LogP contribution in [0.4, 0.5) is 0 Å². The second kappa shape index (κ2) is 5.03. The predicted molar refractivity (Wildman–Crippen MR) is 77.0 cm³/mol. The molecule has 0 aliphatic carbocycles. The Balaban J connectivity index is 4.09. The zero-order valence-electron chi connectivity index (χ0n) is 10.6. The third-order valence-corrected chi connectivity index (χ3v) is 6.69. The monoisotopic (exact) mass is 236 g/mol. The van der Waals surface area contributed by atoms with Crippen molar-refractivity contribution in [2.45, 2.75) is 0 Å². The fraction of sp³-hybridized carbons (Fsp3) is 0.800. The van der Waals surface area contributed by atoms with Crippen LogP contribution in [0.5, 0.6) is 0 Å². The second-order valence-electron chi connectivity index (χ2n) is 5.00. The Hall–Kier alpha value is 0.520. The van der Waals surface area contributed by atoms with Crippen molar-refractivity contribution < 1.29 is 0 Å². The first kappa shape index (κ1) is 14.5. The smallest absolute Gasteiger partial charge is 0.0148 e. The number of hydrogen-bond donors (Lipinski definition) is 0. The Kier molecular flexibility index (Phi) is 5.22. The van der Waals surface area contributed by atoms with Gasteiger partial charge in [0.15, 0.2) is 0 Å². The van der Waals surface area contributed by atoms with E-state index in [9.17, 15) is 0 Å². The molecule has 0 saturated heterocycles. The van der Waals surface area contributed by atoms with Gasteiger partial charge in [0.1, 0.15) is 0 Å². The molecule has 0 spiro atoms. The van der Waals surface area contributed by atoms with Gasteiger partial charge in [-0.25, -0.2) is 0 Å². The summed E-state index contributed by atoms with van der Waals surface area (Å²) in [5.74, 6) is 0. The fourth-order valence-corrected chi connectivity index (χ4v) is 2.09. The van der Waals surface area contributed by atoms with Crippen molar-refractivity contribution in [2.75, 3.05) is 53.8 Å². The lowest BCUT2D eigenvalue weighted by Gasteiger charge is -2.32. The lowest BCUT2D eigenvalue weighted by molar-refractivity contribution is 0.454. The molecule has 0 aliphatic rings. The van der Waals surface area contributed by atoms with E-state index in [0.29, 0.717) is 0 Å². The predicted octanol–water partition coefficient (Wildman–Crippen LogP) is 2.10. The zero-order chi connectivity index (χ0) is 11.6. The lowest BCUT2D eigenvalue weighted by Crippen LogP contribution is -2.27. The van der Waals surface area contributed by atoms with Gasteiger partial charge in [-0.15, -0.1) is 0 Å². The summed E-state index contributed by atoms with van der Waals surface area (Å²) >= 11 is 0. The van der Waals surface area contributed by atoms with Crippen molar-refractivity contribution in [2.24, 2.45) is 0 Å². The summed E-state index contributed by atoms with van der Waals surface area (Å²) in [7, 11) is 2.21. The lowest BCUT2D eigenvalue weighted by atomic mass is 10.6. The number of likely N-dealkylation sites (N-methyl/N-ethyl adjacent to an activating group) is 2. The van der Waals surface area contributed by atoms with Crippen LogP contribution in [0.1, 0.15) is 0 Å². The fourth-order valence-electron chi connectivity index (χ4n) is 0.831. The summed E-state index contributed by atoms with van der Waals surface area (Å²) in [6.45, 7) is 11.2. The molecule has 0 atom stereocenters. The summed E-state index contributed by atoms with van der Waals surface area (Å²) in [6.07, 6.45) is 8.44. The van der Waals surface area contributed by atoms with Crippen molar-refractivity contribution in [1.29, 1.82) is 0 Å². The highest BCUT2D eigenvalue weighted by Crippen LogP contribution is 2.41. The number of rotatable bonds is 5. The SMILES string of the molecule is C=P(C)(C)N(C)CCN(C)P(=C)(C)C. The first-order valence-corrected chi connectivity index (χ1v) is 10.5. The Labute approximate surface area is 90.3 Å². The second-order valence-corrected chi connectivity index (χ2v) is 12.9. The molecular formula is C10H26N2P2. The molecule has 2 nitrogen and oxygen atoms in total. The van der Waals surface area contributed by atoms with Crippen LogP contribution in [-0.2, 0) is 0 Å². The van der Waals surface area contributed by atoms with Crippen molar-refractivity contribution in [3.05, 3.63) is 0 Å². The van der Waals surface area contributed by atoms with E-state index in [2.05, 4.69) is 62.7 Å². The van der Waals surface area contributed by atoms with Crippen LogP contribution in [0.3, 0.4) is 0 Å². The van der Waals surface area contributed by atoms with Gasteiger partial charge in [0.25, 0.3) is 0 Å². The van der Waals surface area contributed by atoms with Crippen LogP contribution in [0.15, 0.2) is 0 Å². The van der Waals surface area contributed by atoms with Crippen LogP contribution in [0.2, 0.25) is 0 Å². The van der Waals surface area contributed by atoms with Crippen molar-refractivity contribution in [3.8, 4) is 0 Å². The molecule has 0 radical (unpaired) electrons. The molecule has 0 heterocycles. The standard InChI is InChI=1S/C10H26N2P2/c1-11(13(3,4)5)9-10-12(2)14(6,7)8/h3,6,9-10H2,1-2,4-5,7-8H3. The van der Waals surface area contributed by atoms with E-state index in [1.807, 2.05) is 0 Å². The van der Waals surface area contributed by atoms with Gasteiger partial charge in [-0.2, -0.15) is 0 Å². The molecule has 0 unspecified atom stereocenters. The van der Waals surface area contributed by atoms with E-state index >= 15 is 0 Å². The Bertz CT molecular complexity index is 233. The molecule has 4 heteroatoms. The molecule has 0 fully saturated rings. The van der Waals surface area contributed by atoms with Crippen LogP contribution in [0, 0.1) is 0 Å². The average Bonchev–Trinajstić information content (AvgIpc) is 1.95. The maximum atomic E-state index is 4.22. The van der Waals surface area contributed by atoms with Crippen LogP contribution >= 0.6 is 14.1 Å². The van der Waals surface area contributed by atoms with Gasteiger partial charge in [-0.05, 0) is 40.8 Å². The highest BCUT2D eigenvalue weighted by atomic mass is 31.2. The molecule has 0 aromatic carbocycles. The Morgan fingerprint density at radius 1 is 0.786 bits per heavy atom. The van der Waals surface area contributed by atoms with E-state index in [-0.39, 0.29) is 0 Å². The summed E-state index contributed by atoms with van der Waals surface area (Å²) in [6, 6.07) is 0. The van der Waals surface area contributed by atoms with Crippen molar-refractivity contribution in [1.82, 2.24) is 9.34 Å². The summed E-state index contributed by atoms with van der Waals surface area (Å²) in [5.41, 5.74) is 0. The largest absolute Gasteiger partial charge is 0.286 e. The molecular weight excluding hydrogens is 210 g/mol. The van der Waals surface area contributed by atoms with E-state index in [0.717, 1.165) is 13.1 Å². The third-order valence-electron chi connectivity index (χ3n) is 2.60. The van der Waals surface area contributed by atoms with E-state index in [1.165, 1.54) is 0 Å². The molecule has 0 aromatic heterocycles. The van der Waals surface area contributed by atoms with Crippen LogP contribution in [0.25, 0.3) is 0 Å². The number of nitrogens with zero attached hydrogens (tertiary/aromatic N) is 2. The quantitative estimate of drug-likeness (QED) is 0.674. The summed E-state index contributed by atoms with van der Waals surface area (Å²) < 4.78 is 4.78. The minimum Gasteiger partial charge on any atom is -0.286 e. The van der Waals surface area contributed by atoms with E-state index in [4.69, 9.17) is 0 Å². The van der Waals surface area contributed by atoms with Gasteiger partial charge >= 0.3 is 0 Å². The van der Waals surface area contributed by atoms with Gasteiger partial charge in [-0.1, -0.05) is 26.7 Å². The van der Waals surface area contributed by atoms with Crippen molar-refractivity contribution in [3.63, 3.8) is 0 Å². The normalized spacial score (nSPS) is 14.0. The average molecular weight is 236 g/mol. The van der Waals surface area contributed by atoms with E-state index in [1.54, 1.807) is 0 Å². The summed E-state index contributed by atoms with van der Waals surface area (Å²) in [5, 5.41) is 0. The topological polar surface area (TPSA) is 6.48 Å². The highest BCUT2D eigenvalue weighted by molar-refractivity contribution is 7.70. The third kappa shape index (κ3) is 5.41. The molecule has 86 valence electrons.